The van der Waals surface area contributed by atoms with E-state index in [0.29, 0.717) is 30.0 Å². The van der Waals surface area contributed by atoms with Gasteiger partial charge in [0.25, 0.3) is 0 Å². The number of hydrogen-bond donors (Lipinski definition) is 1. The first-order valence-corrected chi connectivity index (χ1v) is 9.66. The van der Waals surface area contributed by atoms with Crippen molar-refractivity contribution in [2.24, 2.45) is 16.8 Å². The van der Waals surface area contributed by atoms with Gasteiger partial charge in [0.2, 0.25) is 0 Å². The topological polar surface area (TPSA) is 46.1 Å². The van der Waals surface area contributed by atoms with Crippen LogP contribution in [0.2, 0.25) is 0 Å². The number of rotatable bonds is 2. The molecule has 1 N–H and O–H groups in total. The average molecular weight is 341 g/mol. The van der Waals surface area contributed by atoms with Gasteiger partial charge in [0, 0.05) is 44.4 Å². The number of para-hydroxylation sites is 1. The van der Waals surface area contributed by atoms with E-state index >= 15 is 0 Å². The SMILES string of the molecule is CN=C(NCC1CCOc2ccccc21)N1CC2C3CCC(O3)C2C1. The van der Waals surface area contributed by atoms with Crippen LogP contribution >= 0.6 is 0 Å². The third-order valence-corrected chi connectivity index (χ3v) is 6.55. The third kappa shape index (κ3) is 2.60. The van der Waals surface area contributed by atoms with Gasteiger partial charge in [0.15, 0.2) is 5.96 Å². The largest absolute Gasteiger partial charge is 0.493 e. The summed E-state index contributed by atoms with van der Waals surface area (Å²) in [4.78, 5) is 7.02. The lowest BCUT2D eigenvalue weighted by atomic mass is 9.82. The molecule has 3 saturated heterocycles. The van der Waals surface area contributed by atoms with Crippen LogP contribution in [0.3, 0.4) is 0 Å². The molecule has 4 aliphatic heterocycles. The summed E-state index contributed by atoms with van der Waals surface area (Å²) >= 11 is 0. The van der Waals surface area contributed by atoms with Crippen molar-refractivity contribution in [1.82, 2.24) is 10.2 Å². The first-order chi connectivity index (χ1) is 12.3. The molecule has 5 atom stereocenters. The van der Waals surface area contributed by atoms with Crippen LogP contribution in [0.5, 0.6) is 5.75 Å². The van der Waals surface area contributed by atoms with Crippen LogP contribution in [0.4, 0.5) is 0 Å². The summed E-state index contributed by atoms with van der Waals surface area (Å²) in [7, 11) is 1.90. The Hall–Kier alpha value is -1.75. The highest BCUT2D eigenvalue weighted by Gasteiger charge is 2.53. The highest BCUT2D eigenvalue weighted by Crippen LogP contribution is 2.47. The van der Waals surface area contributed by atoms with Gasteiger partial charge >= 0.3 is 0 Å². The fraction of sp³-hybridized carbons (Fsp3) is 0.650. The Labute approximate surface area is 149 Å². The summed E-state index contributed by atoms with van der Waals surface area (Å²) < 4.78 is 11.9. The zero-order valence-corrected chi connectivity index (χ0v) is 14.9. The molecule has 0 saturated carbocycles. The molecule has 134 valence electrons. The molecule has 5 nitrogen and oxygen atoms in total. The smallest absolute Gasteiger partial charge is 0.193 e. The van der Waals surface area contributed by atoms with E-state index in [2.05, 4.69) is 33.4 Å². The van der Waals surface area contributed by atoms with Crippen molar-refractivity contribution in [2.45, 2.75) is 37.4 Å². The summed E-state index contributed by atoms with van der Waals surface area (Å²) in [5, 5.41) is 3.64. The van der Waals surface area contributed by atoms with Gasteiger partial charge in [0.1, 0.15) is 5.75 Å². The molecule has 4 aliphatic rings. The highest BCUT2D eigenvalue weighted by atomic mass is 16.5. The molecule has 1 aromatic carbocycles. The molecule has 0 aliphatic carbocycles. The Morgan fingerprint density at radius 2 is 1.92 bits per heavy atom. The van der Waals surface area contributed by atoms with Crippen LogP contribution in [0, 0.1) is 11.8 Å². The maximum Gasteiger partial charge on any atom is 0.193 e. The first kappa shape index (κ1) is 15.5. The number of fused-ring (bicyclic) bond motifs is 6. The van der Waals surface area contributed by atoms with Crippen molar-refractivity contribution in [1.29, 1.82) is 0 Å². The molecule has 0 aromatic heterocycles. The van der Waals surface area contributed by atoms with Crippen molar-refractivity contribution in [3.63, 3.8) is 0 Å². The van der Waals surface area contributed by atoms with Crippen LogP contribution in [0.1, 0.15) is 30.7 Å². The van der Waals surface area contributed by atoms with E-state index < -0.39 is 0 Å². The predicted octanol–water partition coefficient (Wildman–Crippen LogP) is 2.24. The van der Waals surface area contributed by atoms with Gasteiger partial charge in [-0.2, -0.15) is 0 Å². The quantitative estimate of drug-likeness (QED) is 0.662. The number of hydrogen-bond acceptors (Lipinski definition) is 3. The molecule has 0 spiro atoms. The van der Waals surface area contributed by atoms with Crippen LogP contribution in [0.25, 0.3) is 0 Å². The molecular weight excluding hydrogens is 314 g/mol. The lowest BCUT2D eigenvalue weighted by molar-refractivity contribution is 0.0767. The minimum Gasteiger partial charge on any atom is -0.493 e. The summed E-state index contributed by atoms with van der Waals surface area (Å²) in [6.07, 6.45) is 4.57. The number of benzene rings is 1. The standard InChI is InChI=1S/C20H27N3O2/c1-21-20(23-11-15-16(12-23)19-7-6-18(15)25-19)22-10-13-8-9-24-17-5-3-2-4-14(13)17/h2-5,13,15-16,18-19H,6-12H2,1H3,(H,21,22). The second-order valence-corrected chi connectivity index (χ2v) is 7.82. The van der Waals surface area contributed by atoms with E-state index in [1.54, 1.807) is 0 Å². The second-order valence-electron chi connectivity index (χ2n) is 7.82. The zero-order valence-electron chi connectivity index (χ0n) is 14.9. The number of likely N-dealkylation sites (tertiary alicyclic amines) is 1. The Bertz CT molecular complexity index is 659. The summed E-state index contributed by atoms with van der Waals surface area (Å²) in [5.41, 5.74) is 1.32. The summed E-state index contributed by atoms with van der Waals surface area (Å²) in [5.74, 6) is 4.00. The minimum absolute atomic E-state index is 0.489. The molecule has 5 rings (SSSR count). The normalized spacial score (nSPS) is 36.1. The van der Waals surface area contributed by atoms with E-state index in [-0.39, 0.29) is 0 Å². The maximum absolute atomic E-state index is 6.09. The molecule has 2 bridgehead atoms. The van der Waals surface area contributed by atoms with E-state index in [1.165, 1.54) is 18.4 Å². The van der Waals surface area contributed by atoms with Crippen LogP contribution in [-0.4, -0.2) is 56.4 Å². The average Bonchev–Trinajstić information content (AvgIpc) is 3.35. The van der Waals surface area contributed by atoms with Gasteiger partial charge in [-0.3, -0.25) is 4.99 Å². The fourth-order valence-electron chi connectivity index (χ4n) is 5.31. The highest BCUT2D eigenvalue weighted by molar-refractivity contribution is 5.80. The van der Waals surface area contributed by atoms with Gasteiger partial charge in [-0.05, 0) is 30.9 Å². The van der Waals surface area contributed by atoms with E-state index in [4.69, 9.17) is 9.47 Å². The van der Waals surface area contributed by atoms with Gasteiger partial charge < -0.3 is 19.7 Å². The zero-order chi connectivity index (χ0) is 16.8. The maximum atomic E-state index is 6.09. The van der Waals surface area contributed by atoms with Crippen molar-refractivity contribution >= 4 is 5.96 Å². The first-order valence-electron chi connectivity index (χ1n) is 9.66. The second kappa shape index (κ2) is 6.20. The summed E-state index contributed by atoms with van der Waals surface area (Å²) in [6, 6.07) is 8.42. The van der Waals surface area contributed by atoms with Crippen molar-refractivity contribution in [3.05, 3.63) is 29.8 Å². The molecule has 25 heavy (non-hydrogen) atoms. The van der Waals surface area contributed by atoms with Crippen LogP contribution < -0.4 is 10.1 Å². The number of nitrogens with one attached hydrogen (secondary N) is 1. The predicted molar refractivity (Wildman–Crippen MR) is 97.1 cm³/mol. The number of guanidine groups is 1. The number of nitrogens with zero attached hydrogens (tertiary/aromatic N) is 2. The third-order valence-electron chi connectivity index (χ3n) is 6.55. The number of aliphatic imine (C=N–C) groups is 1. The molecule has 4 heterocycles. The minimum atomic E-state index is 0.489. The molecule has 0 radical (unpaired) electrons. The monoisotopic (exact) mass is 341 g/mol. The lowest BCUT2D eigenvalue weighted by Gasteiger charge is -2.29. The van der Waals surface area contributed by atoms with Crippen LogP contribution in [-0.2, 0) is 4.74 Å². The van der Waals surface area contributed by atoms with Gasteiger partial charge in [-0.15, -0.1) is 0 Å². The fourth-order valence-corrected chi connectivity index (χ4v) is 5.31. The molecule has 5 unspecified atom stereocenters. The van der Waals surface area contributed by atoms with Gasteiger partial charge in [0.05, 0.1) is 18.8 Å². The van der Waals surface area contributed by atoms with Crippen molar-refractivity contribution in [3.8, 4) is 5.75 Å². The Morgan fingerprint density at radius 3 is 2.68 bits per heavy atom. The molecular formula is C20H27N3O2. The van der Waals surface area contributed by atoms with E-state index in [1.807, 2.05) is 13.1 Å². The van der Waals surface area contributed by atoms with Crippen molar-refractivity contribution < 1.29 is 9.47 Å². The van der Waals surface area contributed by atoms with Crippen molar-refractivity contribution in [2.75, 3.05) is 33.3 Å². The lowest BCUT2D eigenvalue weighted by Crippen LogP contribution is -2.43. The molecule has 0 amide bonds. The van der Waals surface area contributed by atoms with Gasteiger partial charge in [-0.25, -0.2) is 0 Å². The summed E-state index contributed by atoms with van der Waals surface area (Å²) in [6.45, 7) is 3.91. The van der Waals surface area contributed by atoms with Gasteiger partial charge in [-0.1, -0.05) is 18.2 Å². The van der Waals surface area contributed by atoms with E-state index in [0.717, 1.165) is 44.4 Å². The molecule has 1 aromatic rings. The molecule has 5 heteroatoms. The van der Waals surface area contributed by atoms with Crippen LogP contribution in [0.15, 0.2) is 29.3 Å². The molecule has 3 fully saturated rings. The number of ether oxygens (including phenoxy) is 2. The van der Waals surface area contributed by atoms with E-state index in [9.17, 15) is 0 Å². The Kier molecular flexibility index (Phi) is 3.85. The Morgan fingerprint density at radius 1 is 1.16 bits per heavy atom. The Balaban J connectivity index is 1.24.